The van der Waals surface area contributed by atoms with Crippen molar-refractivity contribution in [1.82, 2.24) is 0 Å². The zero-order valence-corrected chi connectivity index (χ0v) is 16.9. The molecule has 0 unspecified atom stereocenters. The summed E-state index contributed by atoms with van der Waals surface area (Å²) in [5.74, 6) is 0. The molecule has 5 nitrogen and oxygen atoms in total. The third-order valence-corrected chi connectivity index (χ3v) is 10.2. The molecule has 3 N–H and O–H groups in total. The van der Waals surface area contributed by atoms with E-state index in [1.807, 2.05) is 60.7 Å². The Morgan fingerprint density at radius 2 is 1.37 bits per heavy atom. The first-order valence-corrected chi connectivity index (χ1v) is 11.1. The molecule has 0 amide bonds. The van der Waals surface area contributed by atoms with Gasteiger partial charge in [0.25, 0.3) is 8.32 Å². The SMILES string of the molecule is CC(C)(C)[Si](O[C@@H]1[C@@H](O)[C@H](O)OC[C@H]1O)(c1ccccc1)c1ccccc1. The Hall–Kier alpha value is -1.54. The molecule has 27 heavy (non-hydrogen) atoms. The number of hydrogen-bond acceptors (Lipinski definition) is 5. The minimum atomic E-state index is -2.94. The third kappa shape index (κ3) is 3.74. The topological polar surface area (TPSA) is 79.2 Å². The maximum Gasteiger partial charge on any atom is 0.261 e. The minimum absolute atomic E-state index is 0.0822. The summed E-state index contributed by atoms with van der Waals surface area (Å²) < 4.78 is 11.7. The predicted octanol–water partition coefficient (Wildman–Crippen LogP) is 1.00. The van der Waals surface area contributed by atoms with E-state index < -0.39 is 32.9 Å². The number of aliphatic hydroxyl groups excluding tert-OH is 3. The van der Waals surface area contributed by atoms with Gasteiger partial charge in [-0.1, -0.05) is 81.4 Å². The summed E-state index contributed by atoms with van der Waals surface area (Å²) in [4.78, 5) is 0. The molecule has 1 aliphatic heterocycles. The molecule has 1 aliphatic rings. The lowest BCUT2D eigenvalue weighted by Crippen LogP contribution is -2.71. The molecule has 0 spiro atoms. The zero-order valence-electron chi connectivity index (χ0n) is 15.9. The van der Waals surface area contributed by atoms with Crippen LogP contribution in [0.25, 0.3) is 0 Å². The van der Waals surface area contributed by atoms with Crippen molar-refractivity contribution in [2.75, 3.05) is 6.61 Å². The summed E-state index contributed by atoms with van der Waals surface area (Å²) in [6.07, 6.45) is -4.67. The number of benzene rings is 2. The standard InChI is InChI=1S/C21H28O5Si/c1-21(2,3)27(15-10-6-4-7-11-15,16-12-8-5-9-13-16)26-19-17(22)14-25-20(24)18(19)23/h4-13,17-20,22-24H,14H2,1-3H3/t17-,18-,19+,20-/m1/s1. The van der Waals surface area contributed by atoms with Crippen LogP contribution in [0, 0.1) is 0 Å². The lowest BCUT2D eigenvalue weighted by molar-refractivity contribution is -0.248. The second-order valence-electron chi connectivity index (χ2n) is 8.03. The highest BCUT2D eigenvalue weighted by atomic mass is 28.4. The smallest absolute Gasteiger partial charge is 0.261 e. The molecule has 146 valence electrons. The van der Waals surface area contributed by atoms with E-state index in [1.165, 1.54) is 0 Å². The van der Waals surface area contributed by atoms with Gasteiger partial charge in [0, 0.05) is 0 Å². The van der Waals surface area contributed by atoms with Crippen molar-refractivity contribution in [3.63, 3.8) is 0 Å². The Bertz CT molecular complexity index is 692. The molecule has 2 aromatic carbocycles. The van der Waals surface area contributed by atoms with E-state index in [2.05, 4.69) is 20.8 Å². The van der Waals surface area contributed by atoms with Crippen molar-refractivity contribution in [2.24, 2.45) is 0 Å². The summed E-state index contributed by atoms with van der Waals surface area (Å²) >= 11 is 0. The Balaban J connectivity index is 2.18. The van der Waals surface area contributed by atoms with Crippen molar-refractivity contribution < 1.29 is 24.5 Å². The maximum absolute atomic E-state index is 10.5. The van der Waals surface area contributed by atoms with E-state index in [-0.39, 0.29) is 11.6 Å². The average Bonchev–Trinajstić information content (AvgIpc) is 2.66. The van der Waals surface area contributed by atoms with Gasteiger partial charge in [-0.3, -0.25) is 0 Å². The van der Waals surface area contributed by atoms with Crippen molar-refractivity contribution in [1.29, 1.82) is 0 Å². The maximum atomic E-state index is 10.5. The van der Waals surface area contributed by atoms with Crippen LogP contribution in [0.2, 0.25) is 5.04 Å². The van der Waals surface area contributed by atoms with E-state index in [0.29, 0.717) is 0 Å². The van der Waals surface area contributed by atoms with Gasteiger partial charge < -0.3 is 24.5 Å². The lowest BCUT2D eigenvalue weighted by atomic mass is 10.1. The second kappa shape index (κ2) is 7.83. The molecular weight excluding hydrogens is 360 g/mol. The van der Waals surface area contributed by atoms with Crippen LogP contribution >= 0.6 is 0 Å². The largest absolute Gasteiger partial charge is 0.399 e. The van der Waals surface area contributed by atoms with E-state index in [4.69, 9.17) is 9.16 Å². The summed E-state index contributed by atoms with van der Waals surface area (Å²) in [6.45, 7) is 6.27. The fourth-order valence-electron chi connectivity index (χ4n) is 3.82. The molecule has 1 heterocycles. The second-order valence-corrected chi connectivity index (χ2v) is 12.3. The molecule has 0 aromatic heterocycles. The van der Waals surface area contributed by atoms with Gasteiger partial charge in [-0.2, -0.15) is 0 Å². The van der Waals surface area contributed by atoms with Crippen LogP contribution in [-0.4, -0.2) is 54.8 Å². The van der Waals surface area contributed by atoms with Crippen molar-refractivity contribution in [2.45, 2.75) is 50.4 Å². The van der Waals surface area contributed by atoms with Crippen LogP contribution in [0.15, 0.2) is 60.7 Å². The Kier molecular flexibility index (Phi) is 5.86. The summed E-state index contributed by atoms with van der Waals surface area (Å²) in [6, 6.07) is 20.0. The van der Waals surface area contributed by atoms with Crippen LogP contribution in [0.4, 0.5) is 0 Å². The molecule has 0 bridgehead atoms. The van der Waals surface area contributed by atoms with Gasteiger partial charge in [-0.15, -0.1) is 0 Å². The fourth-order valence-corrected chi connectivity index (χ4v) is 8.54. The summed E-state index contributed by atoms with van der Waals surface area (Å²) in [7, 11) is -2.94. The summed E-state index contributed by atoms with van der Waals surface area (Å²) in [5, 5.41) is 32.7. The normalized spacial score (nSPS) is 26.7. The average molecular weight is 389 g/mol. The quantitative estimate of drug-likeness (QED) is 0.681. The Labute approximate surface area is 161 Å². The van der Waals surface area contributed by atoms with E-state index in [9.17, 15) is 15.3 Å². The molecule has 1 saturated heterocycles. The van der Waals surface area contributed by atoms with Crippen molar-refractivity contribution in [3.05, 3.63) is 60.7 Å². The van der Waals surface area contributed by atoms with Crippen LogP contribution in [0.1, 0.15) is 20.8 Å². The number of hydrogen-bond donors (Lipinski definition) is 3. The van der Waals surface area contributed by atoms with Crippen LogP contribution < -0.4 is 10.4 Å². The predicted molar refractivity (Wildman–Crippen MR) is 106 cm³/mol. The Morgan fingerprint density at radius 1 is 0.889 bits per heavy atom. The highest BCUT2D eigenvalue weighted by Crippen LogP contribution is 2.38. The molecular formula is C21H28O5Si. The Morgan fingerprint density at radius 3 is 1.81 bits per heavy atom. The van der Waals surface area contributed by atoms with E-state index in [0.717, 1.165) is 10.4 Å². The first-order chi connectivity index (χ1) is 12.8. The molecule has 0 saturated carbocycles. The van der Waals surface area contributed by atoms with Gasteiger partial charge in [0.05, 0.1) is 6.61 Å². The molecule has 1 fully saturated rings. The first-order valence-electron chi connectivity index (χ1n) is 9.22. The lowest BCUT2D eigenvalue weighted by Gasteiger charge is -2.48. The fraction of sp³-hybridized carbons (Fsp3) is 0.429. The van der Waals surface area contributed by atoms with Gasteiger partial charge in [-0.25, -0.2) is 0 Å². The van der Waals surface area contributed by atoms with Gasteiger partial charge >= 0.3 is 0 Å². The number of aliphatic hydroxyl groups is 3. The molecule has 2 aromatic rings. The molecule has 3 rings (SSSR count). The first kappa shape index (κ1) is 20.2. The molecule has 0 aliphatic carbocycles. The number of rotatable bonds is 4. The number of ether oxygens (including phenoxy) is 1. The zero-order chi connectivity index (χ0) is 19.7. The molecule has 0 radical (unpaired) electrons. The van der Waals surface area contributed by atoms with E-state index >= 15 is 0 Å². The van der Waals surface area contributed by atoms with Gasteiger partial charge in [0.1, 0.15) is 18.3 Å². The summed E-state index contributed by atoms with van der Waals surface area (Å²) in [5.41, 5.74) is 0. The van der Waals surface area contributed by atoms with Crippen LogP contribution in [-0.2, 0) is 9.16 Å². The molecule has 4 atom stereocenters. The third-order valence-electron chi connectivity index (χ3n) is 5.18. The van der Waals surface area contributed by atoms with E-state index in [1.54, 1.807) is 0 Å². The monoisotopic (exact) mass is 388 g/mol. The van der Waals surface area contributed by atoms with Crippen LogP contribution in [0.3, 0.4) is 0 Å². The van der Waals surface area contributed by atoms with Gasteiger partial charge in [0.15, 0.2) is 6.29 Å². The minimum Gasteiger partial charge on any atom is -0.399 e. The van der Waals surface area contributed by atoms with Gasteiger partial charge in [-0.05, 0) is 15.4 Å². The van der Waals surface area contributed by atoms with Crippen LogP contribution in [0.5, 0.6) is 0 Å². The van der Waals surface area contributed by atoms with Crippen molar-refractivity contribution >= 4 is 18.7 Å². The van der Waals surface area contributed by atoms with Gasteiger partial charge in [0.2, 0.25) is 0 Å². The highest BCUT2D eigenvalue weighted by Gasteiger charge is 2.54. The van der Waals surface area contributed by atoms with Crippen molar-refractivity contribution in [3.8, 4) is 0 Å². The molecule has 6 heteroatoms. The highest BCUT2D eigenvalue weighted by molar-refractivity contribution is 6.99.